The monoisotopic (exact) mass is 383 g/mol. The molecular formula is C22H29N3O3. The molecule has 28 heavy (non-hydrogen) atoms. The van der Waals surface area contributed by atoms with Crippen LogP contribution in [0.5, 0.6) is 11.5 Å². The Hall–Kier alpha value is -2.57. The third kappa shape index (κ3) is 5.03. The number of hydrogen-bond acceptors (Lipinski definition) is 5. The van der Waals surface area contributed by atoms with E-state index in [-0.39, 0.29) is 18.0 Å². The van der Waals surface area contributed by atoms with Crippen LogP contribution < -0.4 is 25.6 Å². The molecule has 0 aliphatic carbocycles. The molecule has 6 heteroatoms. The lowest BCUT2D eigenvalue weighted by atomic mass is 10.0. The lowest BCUT2D eigenvalue weighted by Crippen LogP contribution is -2.42. The van der Waals surface area contributed by atoms with Gasteiger partial charge in [-0.05, 0) is 50.5 Å². The van der Waals surface area contributed by atoms with Gasteiger partial charge in [-0.2, -0.15) is 0 Å². The van der Waals surface area contributed by atoms with Crippen LogP contribution in [-0.4, -0.2) is 25.2 Å². The van der Waals surface area contributed by atoms with Gasteiger partial charge in [-0.15, -0.1) is 0 Å². The third-order valence-corrected chi connectivity index (χ3v) is 4.77. The van der Waals surface area contributed by atoms with Crippen molar-refractivity contribution in [1.82, 2.24) is 16.2 Å². The standard InChI is InChI=1S/C22H29N3O3/c1-4-27-20-11-8-16(12-21(20)28-5-2)14-23-22(26)19-13-18(24-25-19)17-9-6-15(3)7-10-17/h6-12,18-19,24-25H,4-5,13-14H2,1-3H3,(H,23,26). The van der Waals surface area contributed by atoms with Crippen molar-refractivity contribution in [3.05, 3.63) is 59.2 Å². The van der Waals surface area contributed by atoms with Gasteiger partial charge in [0.2, 0.25) is 5.91 Å². The fourth-order valence-electron chi connectivity index (χ4n) is 3.26. The van der Waals surface area contributed by atoms with Gasteiger partial charge < -0.3 is 14.8 Å². The van der Waals surface area contributed by atoms with Crippen molar-refractivity contribution in [3.63, 3.8) is 0 Å². The van der Waals surface area contributed by atoms with E-state index in [1.54, 1.807) is 0 Å². The third-order valence-electron chi connectivity index (χ3n) is 4.77. The maximum Gasteiger partial charge on any atom is 0.238 e. The molecule has 0 aromatic heterocycles. The number of carbonyl (C=O) groups excluding carboxylic acids is 1. The van der Waals surface area contributed by atoms with Gasteiger partial charge in [0.15, 0.2) is 11.5 Å². The van der Waals surface area contributed by atoms with E-state index < -0.39 is 0 Å². The molecule has 2 aromatic carbocycles. The highest BCUT2D eigenvalue weighted by Crippen LogP contribution is 2.28. The number of rotatable bonds is 8. The Kier molecular flexibility index (Phi) is 6.90. The van der Waals surface area contributed by atoms with Crippen LogP contribution in [-0.2, 0) is 11.3 Å². The molecule has 1 amide bonds. The van der Waals surface area contributed by atoms with E-state index in [2.05, 4.69) is 47.4 Å². The number of nitrogens with one attached hydrogen (secondary N) is 3. The first-order valence-electron chi connectivity index (χ1n) is 9.84. The Labute approximate surface area is 166 Å². The quantitative estimate of drug-likeness (QED) is 0.654. The largest absolute Gasteiger partial charge is 0.490 e. The lowest BCUT2D eigenvalue weighted by Gasteiger charge is -2.14. The van der Waals surface area contributed by atoms with Crippen molar-refractivity contribution in [2.45, 2.75) is 45.8 Å². The number of hydrogen-bond donors (Lipinski definition) is 3. The highest BCUT2D eigenvalue weighted by atomic mass is 16.5. The summed E-state index contributed by atoms with van der Waals surface area (Å²) in [5.74, 6) is 1.41. The molecule has 1 heterocycles. The van der Waals surface area contributed by atoms with Crippen LogP contribution in [0.3, 0.4) is 0 Å². The summed E-state index contributed by atoms with van der Waals surface area (Å²) in [5.41, 5.74) is 9.71. The summed E-state index contributed by atoms with van der Waals surface area (Å²) in [6.07, 6.45) is 0.711. The minimum Gasteiger partial charge on any atom is -0.490 e. The van der Waals surface area contributed by atoms with Crippen LogP contribution >= 0.6 is 0 Å². The van der Waals surface area contributed by atoms with Crippen LogP contribution in [0.1, 0.15) is 43.0 Å². The molecule has 2 aromatic rings. The smallest absolute Gasteiger partial charge is 0.238 e. The second-order valence-electron chi connectivity index (χ2n) is 6.91. The SMILES string of the molecule is CCOc1ccc(CNC(=O)C2CC(c3ccc(C)cc3)NN2)cc1OCC. The number of carbonyl (C=O) groups is 1. The zero-order chi connectivity index (χ0) is 19.9. The first kappa shape index (κ1) is 20.2. The number of amides is 1. The van der Waals surface area contributed by atoms with Gasteiger partial charge in [0, 0.05) is 12.6 Å². The molecule has 150 valence electrons. The molecule has 0 saturated carbocycles. The van der Waals surface area contributed by atoms with Crippen molar-refractivity contribution in [2.75, 3.05) is 13.2 Å². The molecule has 0 spiro atoms. The molecule has 2 atom stereocenters. The minimum atomic E-state index is -0.264. The summed E-state index contributed by atoms with van der Waals surface area (Å²) < 4.78 is 11.2. The van der Waals surface area contributed by atoms with Crippen molar-refractivity contribution >= 4 is 5.91 Å². The normalized spacial score (nSPS) is 18.7. The summed E-state index contributed by atoms with van der Waals surface area (Å²) >= 11 is 0. The molecule has 6 nitrogen and oxygen atoms in total. The van der Waals surface area contributed by atoms with Gasteiger partial charge >= 0.3 is 0 Å². The molecular weight excluding hydrogens is 354 g/mol. The molecule has 1 fully saturated rings. The topological polar surface area (TPSA) is 71.6 Å². The summed E-state index contributed by atoms with van der Waals surface area (Å²) in [6, 6.07) is 14.0. The summed E-state index contributed by atoms with van der Waals surface area (Å²) in [6.45, 7) is 7.54. The van der Waals surface area contributed by atoms with Gasteiger partial charge in [0.1, 0.15) is 6.04 Å². The second-order valence-corrected chi connectivity index (χ2v) is 6.91. The first-order valence-corrected chi connectivity index (χ1v) is 9.84. The highest BCUT2D eigenvalue weighted by Gasteiger charge is 2.29. The van der Waals surface area contributed by atoms with E-state index in [1.165, 1.54) is 11.1 Å². The molecule has 1 aliphatic heterocycles. The van der Waals surface area contributed by atoms with Gasteiger partial charge in [0.25, 0.3) is 0 Å². The van der Waals surface area contributed by atoms with E-state index >= 15 is 0 Å². The zero-order valence-electron chi connectivity index (χ0n) is 16.7. The predicted molar refractivity (Wildman–Crippen MR) is 109 cm³/mol. The molecule has 2 unspecified atom stereocenters. The summed E-state index contributed by atoms with van der Waals surface area (Å²) in [5, 5.41) is 3.01. The maximum atomic E-state index is 12.6. The molecule has 1 saturated heterocycles. The summed E-state index contributed by atoms with van der Waals surface area (Å²) in [7, 11) is 0. The Bertz CT molecular complexity index is 792. The molecule has 0 bridgehead atoms. The fourth-order valence-corrected chi connectivity index (χ4v) is 3.26. The van der Waals surface area contributed by atoms with Crippen molar-refractivity contribution in [3.8, 4) is 11.5 Å². The van der Waals surface area contributed by atoms with E-state index in [4.69, 9.17) is 9.47 Å². The van der Waals surface area contributed by atoms with Crippen LogP contribution in [0.15, 0.2) is 42.5 Å². The number of aryl methyl sites for hydroxylation is 1. The molecule has 0 radical (unpaired) electrons. The highest BCUT2D eigenvalue weighted by molar-refractivity contribution is 5.82. The predicted octanol–water partition coefficient (Wildman–Crippen LogP) is 3.02. The van der Waals surface area contributed by atoms with E-state index in [0.717, 1.165) is 11.3 Å². The molecule has 3 rings (SSSR count). The Balaban J connectivity index is 1.55. The van der Waals surface area contributed by atoms with Gasteiger partial charge in [-0.3, -0.25) is 4.79 Å². The van der Waals surface area contributed by atoms with E-state index in [9.17, 15) is 4.79 Å². The summed E-state index contributed by atoms with van der Waals surface area (Å²) in [4.78, 5) is 12.6. The lowest BCUT2D eigenvalue weighted by molar-refractivity contribution is -0.123. The van der Waals surface area contributed by atoms with E-state index in [1.807, 2.05) is 32.0 Å². The Morgan fingerprint density at radius 3 is 2.46 bits per heavy atom. The minimum absolute atomic E-state index is 0.0195. The van der Waals surface area contributed by atoms with Gasteiger partial charge in [-0.1, -0.05) is 35.9 Å². The maximum absolute atomic E-state index is 12.6. The Morgan fingerprint density at radius 2 is 1.75 bits per heavy atom. The first-order chi connectivity index (χ1) is 13.6. The van der Waals surface area contributed by atoms with Crippen LogP contribution in [0.25, 0.3) is 0 Å². The van der Waals surface area contributed by atoms with Crippen LogP contribution in [0.2, 0.25) is 0 Å². The number of benzene rings is 2. The average molecular weight is 383 g/mol. The molecule has 1 aliphatic rings. The molecule has 3 N–H and O–H groups in total. The fraction of sp³-hybridized carbons (Fsp3) is 0.409. The van der Waals surface area contributed by atoms with Crippen LogP contribution in [0.4, 0.5) is 0 Å². The number of hydrazine groups is 1. The average Bonchev–Trinajstić information content (AvgIpc) is 3.19. The van der Waals surface area contributed by atoms with E-state index in [0.29, 0.717) is 31.9 Å². The van der Waals surface area contributed by atoms with Crippen molar-refractivity contribution in [1.29, 1.82) is 0 Å². The number of ether oxygens (including phenoxy) is 2. The Morgan fingerprint density at radius 1 is 1.04 bits per heavy atom. The van der Waals surface area contributed by atoms with Gasteiger partial charge in [0.05, 0.1) is 13.2 Å². The van der Waals surface area contributed by atoms with Crippen molar-refractivity contribution < 1.29 is 14.3 Å². The van der Waals surface area contributed by atoms with Crippen LogP contribution in [0, 0.1) is 6.92 Å². The second kappa shape index (κ2) is 9.57. The van der Waals surface area contributed by atoms with Gasteiger partial charge in [-0.25, -0.2) is 10.9 Å². The van der Waals surface area contributed by atoms with Crippen molar-refractivity contribution in [2.24, 2.45) is 0 Å². The zero-order valence-corrected chi connectivity index (χ0v) is 16.7.